The van der Waals surface area contributed by atoms with E-state index < -0.39 is 0 Å². The molecule has 2 aliphatic rings. The van der Waals surface area contributed by atoms with E-state index in [-0.39, 0.29) is 5.28 Å². The van der Waals surface area contributed by atoms with E-state index in [1.165, 1.54) is 5.56 Å². The van der Waals surface area contributed by atoms with Crippen molar-refractivity contribution in [2.24, 2.45) is 16.8 Å². The highest BCUT2D eigenvalue weighted by molar-refractivity contribution is 6.30. The van der Waals surface area contributed by atoms with Crippen LogP contribution in [0.5, 0.6) is 0 Å². The number of halogens is 2. The first-order valence-corrected chi connectivity index (χ1v) is 9.12. The van der Waals surface area contributed by atoms with Crippen LogP contribution in [-0.4, -0.2) is 33.7 Å². The summed E-state index contributed by atoms with van der Waals surface area (Å²) in [6.45, 7) is 4.05. The van der Waals surface area contributed by atoms with Crippen LogP contribution in [0.3, 0.4) is 0 Å². The number of aromatic nitrogens is 2. The number of fused-ring (bicyclic) bond motifs is 1. The second kappa shape index (κ2) is 6.77. The van der Waals surface area contributed by atoms with Crippen LogP contribution in [-0.2, 0) is 6.42 Å². The fourth-order valence-electron chi connectivity index (χ4n) is 3.48. The average Bonchev–Trinajstić information content (AvgIpc) is 2.98. The number of nitrogens with zero attached hydrogens (tertiary/aromatic N) is 4. The van der Waals surface area contributed by atoms with Gasteiger partial charge in [0.1, 0.15) is 5.82 Å². The van der Waals surface area contributed by atoms with Gasteiger partial charge in [-0.15, -0.1) is 0 Å². The van der Waals surface area contributed by atoms with Crippen LogP contribution in [0.1, 0.15) is 18.2 Å². The topological polar surface area (TPSA) is 41.4 Å². The maximum absolute atomic E-state index is 6.12. The van der Waals surface area contributed by atoms with Crippen LogP contribution >= 0.6 is 23.2 Å². The molecule has 2 atom stereocenters. The third-order valence-electron chi connectivity index (χ3n) is 4.80. The lowest BCUT2D eigenvalue weighted by Gasteiger charge is -2.33. The van der Waals surface area contributed by atoms with Crippen molar-refractivity contribution >= 4 is 28.9 Å². The van der Waals surface area contributed by atoms with E-state index in [1.807, 2.05) is 24.3 Å². The zero-order valence-electron chi connectivity index (χ0n) is 13.9. The van der Waals surface area contributed by atoms with Crippen molar-refractivity contribution in [2.45, 2.75) is 13.3 Å². The molecule has 3 heterocycles. The molecule has 4 rings (SSSR count). The van der Waals surface area contributed by atoms with Gasteiger partial charge in [-0.1, -0.05) is 30.7 Å². The molecule has 0 bridgehead atoms. The van der Waals surface area contributed by atoms with Crippen LogP contribution < -0.4 is 0 Å². The molecule has 2 aliphatic heterocycles. The van der Waals surface area contributed by atoms with Crippen LogP contribution in [0.15, 0.2) is 53.4 Å². The zero-order chi connectivity index (χ0) is 17.4. The van der Waals surface area contributed by atoms with Gasteiger partial charge >= 0.3 is 0 Å². The van der Waals surface area contributed by atoms with Crippen molar-refractivity contribution in [3.8, 4) is 0 Å². The Labute approximate surface area is 157 Å². The maximum Gasteiger partial charge on any atom is 0.222 e. The summed E-state index contributed by atoms with van der Waals surface area (Å²) in [7, 11) is 0. The van der Waals surface area contributed by atoms with E-state index in [0.717, 1.165) is 41.8 Å². The molecule has 0 aliphatic carbocycles. The summed E-state index contributed by atoms with van der Waals surface area (Å²) in [6, 6.07) is 9.96. The fourth-order valence-corrected chi connectivity index (χ4v) is 3.84. The van der Waals surface area contributed by atoms with Gasteiger partial charge in [-0.3, -0.25) is 0 Å². The molecule has 0 spiro atoms. The normalized spacial score (nSPS) is 22.4. The van der Waals surface area contributed by atoms with Gasteiger partial charge in [0.05, 0.1) is 18.0 Å². The molecule has 1 unspecified atom stereocenters. The lowest BCUT2D eigenvalue weighted by atomic mass is 9.85. The number of benzene rings is 1. The van der Waals surface area contributed by atoms with Crippen molar-refractivity contribution < 1.29 is 0 Å². The van der Waals surface area contributed by atoms with Gasteiger partial charge in [0.25, 0.3) is 0 Å². The second-order valence-electron chi connectivity index (χ2n) is 6.65. The number of allylic oxidation sites excluding steroid dienone is 1. The quantitative estimate of drug-likeness (QED) is 0.756. The Balaban J connectivity index is 1.58. The van der Waals surface area contributed by atoms with Gasteiger partial charge in [-0.05, 0) is 59.7 Å². The molecule has 4 nitrogen and oxygen atoms in total. The minimum atomic E-state index is 0.256. The summed E-state index contributed by atoms with van der Waals surface area (Å²) >= 11 is 12.0. The molecule has 0 N–H and O–H groups in total. The molecule has 0 saturated carbocycles. The van der Waals surface area contributed by atoms with Crippen molar-refractivity contribution in [1.29, 1.82) is 0 Å². The van der Waals surface area contributed by atoms with E-state index in [9.17, 15) is 0 Å². The smallest absolute Gasteiger partial charge is 0.222 e. The molecule has 2 aromatic rings. The molecule has 1 aromatic heterocycles. The van der Waals surface area contributed by atoms with Gasteiger partial charge in [-0.2, -0.15) is 0 Å². The van der Waals surface area contributed by atoms with Crippen molar-refractivity contribution in [3.63, 3.8) is 0 Å². The molecule has 6 heteroatoms. The third-order valence-corrected chi connectivity index (χ3v) is 5.22. The van der Waals surface area contributed by atoms with Crippen molar-refractivity contribution in [3.05, 3.63) is 70.0 Å². The van der Waals surface area contributed by atoms with Crippen LogP contribution in [0.4, 0.5) is 0 Å². The van der Waals surface area contributed by atoms with E-state index in [1.54, 1.807) is 6.20 Å². The Morgan fingerprint density at radius 2 is 2.12 bits per heavy atom. The van der Waals surface area contributed by atoms with E-state index in [4.69, 9.17) is 28.2 Å². The lowest BCUT2D eigenvalue weighted by molar-refractivity contribution is 0.259. The Kier molecular flexibility index (Phi) is 4.48. The predicted molar refractivity (Wildman–Crippen MR) is 101 cm³/mol. The molecule has 128 valence electrons. The van der Waals surface area contributed by atoms with E-state index in [0.29, 0.717) is 11.8 Å². The standard InChI is InChI=1S/C19H18Cl2N4/c1-12-10-25-11-17(16-5-6-22-19(21)24-16)23-18(25)9-14(12)7-13-3-2-4-15(20)8-13/h2-6,8-9,12,14H,7,10-11H2,1H3/t12-,14?/m1/s1. The summed E-state index contributed by atoms with van der Waals surface area (Å²) < 4.78 is 0. The minimum Gasteiger partial charge on any atom is -0.351 e. The Hall–Kier alpha value is -1.91. The Morgan fingerprint density at radius 3 is 2.92 bits per heavy atom. The average molecular weight is 373 g/mol. The molecule has 0 fully saturated rings. The minimum absolute atomic E-state index is 0.256. The number of aliphatic imine (C=N–C) groups is 1. The Bertz CT molecular complexity index is 862. The van der Waals surface area contributed by atoms with E-state index in [2.05, 4.69) is 33.9 Å². The highest BCUT2D eigenvalue weighted by atomic mass is 35.5. The highest BCUT2D eigenvalue weighted by Crippen LogP contribution is 2.32. The second-order valence-corrected chi connectivity index (χ2v) is 7.42. The summed E-state index contributed by atoms with van der Waals surface area (Å²) in [4.78, 5) is 15.3. The molecular weight excluding hydrogens is 355 g/mol. The number of rotatable bonds is 3. The lowest BCUT2D eigenvalue weighted by Crippen LogP contribution is -2.35. The van der Waals surface area contributed by atoms with Gasteiger partial charge in [0.2, 0.25) is 5.28 Å². The summed E-state index contributed by atoms with van der Waals surface area (Å²) in [6.07, 6.45) is 4.93. The summed E-state index contributed by atoms with van der Waals surface area (Å²) in [5.41, 5.74) is 3.01. The first-order chi connectivity index (χ1) is 12.1. The SMILES string of the molecule is C[C@@H]1CN2CC(c3ccnc(Cl)n3)=NC2=CC1Cc1cccc(Cl)c1. The Morgan fingerprint density at radius 1 is 1.24 bits per heavy atom. The van der Waals surface area contributed by atoms with E-state index >= 15 is 0 Å². The molecule has 1 aromatic carbocycles. The van der Waals surface area contributed by atoms with Crippen molar-refractivity contribution in [2.75, 3.05) is 13.1 Å². The summed E-state index contributed by atoms with van der Waals surface area (Å²) in [5, 5.41) is 1.04. The highest BCUT2D eigenvalue weighted by Gasteiger charge is 2.31. The predicted octanol–water partition coefficient (Wildman–Crippen LogP) is 4.24. The molecule has 25 heavy (non-hydrogen) atoms. The van der Waals surface area contributed by atoms with Gasteiger partial charge in [-0.25, -0.2) is 15.0 Å². The molecule has 0 saturated heterocycles. The maximum atomic E-state index is 6.12. The van der Waals surface area contributed by atoms with Crippen LogP contribution in [0.2, 0.25) is 10.3 Å². The molecular formula is C19H18Cl2N4. The van der Waals surface area contributed by atoms with Crippen LogP contribution in [0.25, 0.3) is 0 Å². The number of hydrogen-bond donors (Lipinski definition) is 0. The summed E-state index contributed by atoms with van der Waals surface area (Å²) in [5.74, 6) is 2.03. The first-order valence-electron chi connectivity index (χ1n) is 8.36. The van der Waals surface area contributed by atoms with Gasteiger partial charge in [0.15, 0.2) is 0 Å². The van der Waals surface area contributed by atoms with Gasteiger partial charge in [0, 0.05) is 17.8 Å². The number of hydrogen-bond acceptors (Lipinski definition) is 4. The third kappa shape index (κ3) is 3.55. The first kappa shape index (κ1) is 16.6. The van der Waals surface area contributed by atoms with Crippen molar-refractivity contribution in [1.82, 2.24) is 14.9 Å². The van der Waals surface area contributed by atoms with Crippen LogP contribution in [0, 0.1) is 11.8 Å². The molecule has 0 radical (unpaired) electrons. The fraction of sp³-hybridized carbons (Fsp3) is 0.316. The monoisotopic (exact) mass is 372 g/mol. The largest absolute Gasteiger partial charge is 0.351 e. The zero-order valence-corrected chi connectivity index (χ0v) is 15.4. The molecule has 0 amide bonds. The van der Waals surface area contributed by atoms with Gasteiger partial charge < -0.3 is 4.90 Å².